The Balaban J connectivity index is 1.61. The summed E-state index contributed by atoms with van der Waals surface area (Å²) in [6.45, 7) is 0.127. The molecule has 2 amide bonds. The summed E-state index contributed by atoms with van der Waals surface area (Å²) in [6, 6.07) is 13.8. The van der Waals surface area contributed by atoms with Crippen molar-refractivity contribution in [2.75, 3.05) is 5.32 Å². The van der Waals surface area contributed by atoms with Gasteiger partial charge in [0.1, 0.15) is 5.52 Å². The van der Waals surface area contributed by atoms with Gasteiger partial charge in [-0.25, -0.2) is 4.68 Å². The van der Waals surface area contributed by atoms with Crippen LogP contribution in [0, 0.1) is 0 Å². The van der Waals surface area contributed by atoms with E-state index in [0.717, 1.165) is 5.56 Å². The number of nitrogens with zero attached hydrogens (tertiary/aromatic N) is 3. The lowest BCUT2D eigenvalue weighted by atomic mass is 10.1. The van der Waals surface area contributed by atoms with Crippen molar-refractivity contribution in [1.82, 2.24) is 15.0 Å². The van der Waals surface area contributed by atoms with Crippen molar-refractivity contribution in [3.05, 3.63) is 64.4 Å². The van der Waals surface area contributed by atoms with E-state index < -0.39 is 5.91 Å². The average Bonchev–Trinajstić information content (AvgIpc) is 2.63. The Kier molecular flexibility index (Phi) is 5.02. The predicted octanol–water partition coefficient (Wildman–Crippen LogP) is 0.848. The normalized spacial score (nSPS) is 10.6. The standard InChI is InChI=1S/C18H17N5O3/c19-16(24)11-12-5-7-13(8-6-12)20-17(25)9-10-23-18(26)14-3-1-2-4-15(14)21-22-23/h1-8H,9-11H2,(H2,19,24)(H,20,25). The lowest BCUT2D eigenvalue weighted by molar-refractivity contribution is -0.117. The second kappa shape index (κ2) is 7.56. The number of aromatic nitrogens is 3. The summed E-state index contributed by atoms with van der Waals surface area (Å²) in [6.07, 6.45) is 0.230. The Morgan fingerprint density at radius 2 is 1.81 bits per heavy atom. The summed E-state index contributed by atoms with van der Waals surface area (Å²) in [5.74, 6) is -0.668. The highest BCUT2D eigenvalue weighted by Gasteiger charge is 2.08. The molecule has 0 fully saturated rings. The van der Waals surface area contributed by atoms with E-state index in [1.54, 1.807) is 48.5 Å². The molecule has 1 heterocycles. The van der Waals surface area contributed by atoms with Gasteiger partial charge in [0.25, 0.3) is 5.56 Å². The molecule has 0 saturated heterocycles. The maximum Gasteiger partial charge on any atom is 0.277 e. The van der Waals surface area contributed by atoms with Crippen molar-refractivity contribution in [3.63, 3.8) is 0 Å². The maximum atomic E-state index is 12.3. The molecule has 26 heavy (non-hydrogen) atoms. The van der Waals surface area contributed by atoms with E-state index in [0.29, 0.717) is 16.6 Å². The molecule has 3 rings (SSSR count). The number of amides is 2. The zero-order chi connectivity index (χ0) is 18.5. The molecule has 0 aliphatic heterocycles. The summed E-state index contributed by atoms with van der Waals surface area (Å²) in [7, 11) is 0. The van der Waals surface area contributed by atoms with Crippen molar-refractivity contribution >= 4 is 28.4 Å². The van der Waals surface area contributed by atoms with Gasteiger partial charge in [-0.15, -0.1) is 5.10 Å². The Hall–Kier alpha value is -3.55. The molecule has 132 valence electrons. The molecule has 0 atom stereocenters. The minimum absolute atomic E-state index is 0.0793. The number of nitrogens with one attached hydrogen (secondary N) is 1. The van der Waals surface area contributed by atoms with E-state index in [1.807, 2.05) is 0 Å². The van der Waals surface area contributed by atoms with Crippen LogP contribution in [0.1, 0.15) is 12.0 Å². The maximum absolute atomic E-state index is 12.3. The van der Waals surface area contributed by atoms with Gasteiger partial charge in [-0.1, -0.05) is 29.5 Å². The number of nitrogens with two attached hydrogens (primary N) is 1. The van der Waals surface area contributed by atoms with E-state index in [2.05, 4.69) is 15.6 Å². The molecule has 0 bridgehead atoms. The molecule has 3 N–H and O–H groups in total. The number of carbonyl (C=O) groups excluding carboxylic acids is 2. The Labute approximate surface area is 148 Å². The van der Waals surface area contributed by atoms with E-state index in [-0.39, 0.29) is 30.9 Å². The third-order valence-corrected chi connectivity index (χ3v) is 3.80. The number of aryl methyl sites for hydroxylation is 1. The van der Waals surface area contributed by atoms with Gasteiger partial charge in [-0.05, 0) is 29.8 Å². The van der Waals surface area contributed by atoms with Crippen molar-refractivity contribution in [1.29, 1.82) is 0 Å². The lowest BCUT2D eigenvalue weighted by Gasteiger charge is -2.07. The monoisotopic (exact) mass is 351 g/mol. The summed E-state index contributed by atoms with van der Waals surface area (Å²) in [4.78, 5) is 35.3. The summed E-state index contributed by atoms with van der Waals surface area (Å²) in [5.41, 5.74) is 6.75. The second-order valence-corrected chi connectivity index (χ2v) is 5.77. The molecule has 0 unspecified atom stereocenters. The van der Waals surface area contributed by atoms with Crippen LogP contribution in [0.2, 0.25) is 0 Å². The van der Waals surface area contributed by atoms with Gasteiger partial charge in [-0.2, -0.15) is 0 Å². The average molecular weight is 351 g/mol. The number of carbonyl (C=O) groups is 2. The number of hydrogen-bond donors (Lipinski definition) is 2. The van der Waals surface area contributed by atoms with Crippen LogP contribution in [0.3, 0.4) is 0 Å². The lowest BCUT2D eigenvalue weighted by Crippen LogP contribution is -2.26. The summed E-state index contributed by atoms with van der Waals surface area (Å²) in [5, 5.41) is 11.0. The molecule has 8 heteroatoms. The molecule has 0 saturated carbocycles. The van der Waals surface area contributed by atoms with Gasteiger partial charge in [0.15, 0.2) is 0 Å². The Bertz CT molecular complexity index is 1010. The first-order valence-corrected chi connectivity index (χ1v) is 8.02. The molecule has 8 nitrogen and oxygen atoms in total. The molecule has 3 aromatic rings. The fraction of sp³-hybridized carbons (Fsp3) is 0.167. The SMILES string of the molecule is NC(=O)Cc1ccc(NC(=O)CCn2nnc3ccccc3c2=O)cc1. The first-order chi connectivity index (χ1) is 12.5. The van der Waals surface area contributed by atoms with Crippen LogP contribution in [-0.4, -0.2) is 26.8 Å². The number of hydrogen-bond acceptors (Lipinski definition) is 5. The van der Waals surface area contributed by atoms with Gasteiger partial charge >= 0.3 is 0 Å². The largest absolute Gasteiger partial charge is 0.369 e. The van der Waals surface area contributed by atoms with Crippen molar-refractivity contribution in [2.45, 2.75) is 19.4 Å². The number of anilines is 1. The smallest absolute Gasteiger partial charge is 0.277 e. The highest BCUT2D eigenvalue weighted by molar-refractivity contribution is 5.90. The Morgan fingerprint density at radius 3 is 2.54 bits per heavy atom. The molecule has 2 aromatic carbocycles. The van der Waals surface area contributed by atoms with Crippen molar-refractivity contribution in [3.8, 4) is 0 Å². The van der Waals surface area contributed by atoms with Crippen LogP contribution in [0.25, 0.3) is 10.9 Å². The topological polar surface area (TPSA) is 120 Å². The van der Waals surface area contributed by atoms with Crippen LogP contribution < -0.4 is 16.6 Å². The van der Waals surface area contributed by atoms with Gasteiger partial charge in [0.2, 0.25) is 11.8 Å². The van der Waals surface area contributed by atoms with Crippen LogP contribution >= 0.6 is 0 Å². The fourth-order valence-corrected chi connectivity index (χ4v) is 2.51. The molecule has 0 aliphatic carbocycles. The van der Waals surface area contributed by atoms with Crippen LogP contribution in [-0.2, 0) is 22.6 Å². The molecule has 0 radical (unpaired) electrons. The van der Waals surface area contributed by atoms with Crippen LogP contribution in [0.5, 0.6) is 0 Å². The second-order valence-electron chi connectivity index (χ2n) is 5.77. The van der Waals surface area contributed by atoms with Crippen molar-refractivity contribution < 1.29 is 9.59 Å². The van der Waals surface area contributed by atoms with Crippen molar-refractivity contribution in [2.24, 2.45) is 5.73 Å². The zero-order valence-electron chi connectivity index (χ0n) is 13.9. The molecule has 0 aliphatic rings. The first-order valence-electron chi connectivity index (χ1n) is 8.02. The predicted molar refractivity (Wildman–Crippen MR) is 96.4 cm³/mol. The summed E-state index contributed by atoms with van der Waals surface area (Å²) >= 11 is 0. The van der Waals surface area contributed by atoms with E-state index in [9.17, 15) is 14.4 Å². The van der Waals surface area contributed by atoms with Gasteiger partial charge in [0, 0.05) is 12.1 Å². The van der Waals surface area contributed by atoms with E-state index in [1.165, 1.54) is 4.68 Å². The quantitative estimate of drug-likeness (QED) is 0.682. The highest BCUT2D eigenvalue weighted by Crippen LogP contribution is 2.10. The minimum Gasteiger partial charge on any atom is -0.369 e. The van der Waals surface area contributed by atoms with E-state index in [4.69, 9.17) is 5.73 Å². The zero-order valence-corrected chi connectivity index (χ0v) is 13.9. The van der Waals surface area contributed by atoms with Gasteiger partial charge in [-0.3, -0.25) is 14.4 Å². The third-order valence-electron chi connectivity index (χ3n) is 3.80. The molecule has 0 spiro atoms. The van der Waals surface area contributed by atoms with Crippen LogP contribution in [0.4, 0.5) is 5.69 Å². The van der Waals surface area contributed by atoms with Gasteiger partial charge < -0.3 is 11.1 Å². The number of fused-ring (bicyclic) bond motifs is 1. The first kappa shape index (κ1) is 17.3. The van der Waals surface area contributed by atoms with Gasteiger partial charge in [0.05, 0.1) is 18.4 Å². The molecular weight excluding hydrogens is 334 g/mol. The number of benzene rings is 2. The number of rotatable bonds is 6. The molecule has 1 aromatic heterocycles. The summed E-state index contributed by atoms with van der Waals surface area (Å²) < 4.78 is 1.18. The molecular formula is C18H17N5O3. The third kappa shape index (κ3) is 4.10. The van der Waals surface area contributed by atoms with Crippen LogP contribution in [0.15, 0.2) is 53.3 Å². The minimum atomic E-state index is -0.413. The van der Waals surface area contributed by atoms with E-state index >= 15 is 0 Å². The Morgan fingerprint density at radius 1 is 1.08 bits per heavy atom. The fourth-order valence-electron chi connectivity index (χ4n) is 2.51. The number of primary amides is 1. The highest BCUT2D eigenvalue weighted by atomic mass is 16.2.